The van der Waals surface area contributed by atoms with Crippen LogP contribution < -0.4 is 0 Å². The van der Waals surface area contributed by atoms with Crippen LogP contribution in [0.1, 0.15) is 25.0 Å². The van der Waals surface area contributed by atoms with Crippen molar-refractivity contribution in [1.82, 2.24) is 0 Å². The number of benzene rings is 3. The highest BCUT2D eigenvalue weighted by Gasteiger charge is 2.48. The third-order valence-corrected chi connectivity index (χ3v) is 6.75. The van der Waals surface area contributed by atoms with E-state index in [0.717, 1.165) is 16.0 Å². The summed E-state index contributed by atoms with van der Waals surface area (Å²) in [4.78, 5) is 13.1. The molecule has 3 aromatic rings. The van der Waals surface area contributed by atoms with Crippen molar-refractivity contribution in [2.24, 2.45) is 0 Å². The lowest BCUT2D eigenvalue weighted by Gasteiger charge is -2.44. The van der Waals surface area contributed by atoms with E-state index in [4.69, 9.17) is 18.9 Å². The maximum Gasteiger partial charge on any atom is 0.303 e. The normalized spacial score (nSPS) is 24.5. The van der Waals surface area contributed by atoms with E-state index in [9.17, 15) is 4.79 Å². The van der Waals surface area contributed by atoms with Crippen molar-refractivity contribution < 1.29 is 23.7 Å². The standard InChI is InChI=1S/C28H30O5S/c1-20-25(30-18-22-12-6-3-7-13-22)26(31-19-23-14-8-4-9-15-23)27(33-21(2)29)28(32-20)34-24-16-10-5-11-17-24/h3-17,20,25-28H,18-19H2,1-2H3/t20?,25-,26?,27-,28-/m0/s1. The molecule has 1 aliphatic rings. The second-order valence-corrected chi connectivity index (χ2v) is 9.41. The summed E-state index contributed by atoms with van der Waals surface area (Å²) in [6.45, 7) is 4.19. The molecule has 0 saturated carbocycles. The van der Waals surface area contributed by atoms with Gasteiger partial charge in [-0.25, -0.2) is 0 Å². The van der Waals surface area contributed by atoms with Crippen LogP contribution >= 0.6 is 11.8 Å². The zero-order valence-electron chi connectivity index (χ0n) is 19.4. The van der Waals surface area contributed by atoms with Crippen LogP contribution in [0.25, 0.3) is 0 Å². The van der Waals surface area contributed by atoms with E-state index >= 15 is 0 Å². The van der Waals surface area contributed by atoms with Gasteiger partial charge in [-0.3, -0.25) is 4.79 Å². The third-order valence-electron chi connectivity index (χ3n) is 5.60. The number of carbonyl (C=O) groups excluding carboxylic acids is 1. The van der Waals surface area contributed by atoms with E-state index in [1.165, 1.54) is 18.7 Å². The summed E-state index contributed by atoms with van der Waals surface area (Å²) >= 11 is 1.53. The average Bonchev–Trinajstić information content (AvgIpc) is 2.85. The molecule has 34 heavy (non-hydrogen) atoms. The van der Waals surface area contributed by atoms with Crippen molar-refractivity contribution in [2.45, 2.75) is 61.8 Å². The van der Waals surface area contributed by atoms with Crippen molar-refractivity contribution >= 4 is 17.7 Å². The largest absolute Gasteiger partial charge is 0.456 e. The number of carbonyl (C=O) groups is 1. The molecule has 5 nitrogen and oxygen atoms in total. The van der Waals surface area contributed by atoms with E-state index in [0.29, 0.717) is 13.2 Å². The maximum absolute atomic E-state index is 12.1. The summed E-state index contributed by atoms with van der Waals surface area (Å²) in [5.41, 5.74) is 1.66. The van der Waals surface area contributed by atoms with Gasteiger partial charge in [-0.2, -0.15) is 0 Å². The zero-order valence-corrected chi connectivity index (χ0v) is 20.2. The van der Waals surface area contributed by atoms with Crippen molar-refractivity contribution in [1.29, 1.82) is 0 Å². The molecule has 4 rings (SSSR count). The predicted octanol–water partition coefficient (Wildman–Crippen LogP) is 5.63. The SMILES string of the molecule is CC(=O)O[C@H]1C(OCc2ccccc2)[C@@H](OCc2ccccc2)C(C)O[C@H]1Sc1ccccc1. The molecule has 0 spiro atoms. The molecule has 178 valence electrons. The van der Waals surface area contributed by atoms with Gasteiger partial charge >= 0.3 is 5.97 Å². The molecule has 2 unspecified atom stereocenters. The molecule has 1 fully saturated rings. The number of thioether (sulfide) groups is 1. The molecule has 0 aliphatic carbocycles. The summed E-state index contributed by atoms with van der Waals surface area (Å²) in [5.74, 6) is -0.378. The first-order chi connectivity index (χ1) is 16.6. The molecule has 0 radical (unpaired) electrons. The van der Waals surface area contributed by atoms with Crippen molar-refractivity contribution in [3.63, 3.8) is 0 Å². The van der Waals surface area contributed by atoms with E-state index < -0.39 is 23.7 Å². The molecule has 0 bridgehead atoms. The second kappa shape index (κ2) is 12.2. The molecule has 1 aliphatic heterocycles. The van der Waals surface area contributed by atoms with Crippen molar-refractivity contribution in [2.75, 3.05) is 0 Å². The summed E-state index contributed by atoms with van der Waals surface area (Å²) < 4.78 is 25.0. The molecule has 3 aromatic carbocycles. The minimum absolute atomic E-state index is 0.266. The van der Waals surface area contributed by atoms with Crippen LogP contribution in [0.5, 0.6) is 0 Å². The molecular formula is C28H30O5S. The third kappa shape index (κ3) is 6.70. The van der Waals surface area contributed by atoms with Crippen molar-refractivity contribution in [3.05, 3.63) is 102 Å². The fourth-order valence-electron chi connectivity index (χ4n) is 3.97. The van der Waals surface area contributed by atoms with Crippen LogP contribution in [0.4, 0.5) is 0 Å². The maximum atomic E-state index is 12.1. The molecule has 1 heterocycles. The number of hydrogen-bond acceptors (Lipinski definition) is 6. The first kappa shape index (κ1) is 24.5. The number of hydrogen-bond donors (Lipinski definition) is 0. The lowest BCUT2D eigenvalue weighted by Crippen LogP contribution is -2.58. The summed E-state index contributed by atoms with van der Waals surface area (Å²) in [6, 6.07) is 29.9. The van der Waals surface area contributed by atoms with E-state index in [-0.39, 0.29) is 12.1 Å². The van der Waals surface area contributed by atoms with Gasteiger partial charge in [0.2, 0.25) is 0 Å². The highest BCUT2D eigenvalue weighted by molar-refractivity contribution is 7.99. The highest BCUT2D eigenvalue weighted by Crippen LogP contribution is 2.37. The smallest absolute Gasteiger partial charge is 0.303 e. The minimum atomic E-state index is -0.636. The van der Waals surface area contributed by atoms with E-state index in [2.05, 4.69) is 0 Å². The average molecular weight is 479 g/mol. The van der Waals surface area contributed by atoms with Gasteiger partial charge in [0, 0.05) is 11.8 Å². The Labute approximate surface area is 205 Å². The molecule has 0 N–H and O–H groups in total. The summed E-state index contributed by atoms with van der Waals surface area (Å²) in [6.07, 6.45) is -1.82. The lowest BCUT2D eigenvalue weighted by atomic mass is 9.99. The second-order valence-electron chi connectivity index (χ2n) is 8.24. The topological polar surface area (TPSA) is 54.0 Å². The van der Waals surface area contributed by atoms with Gasteiger partial charge in [-0.1, -0.05) is 90.6 Å². The van der Waals surface area contributed by atoms with Crippen LogP contribution in [0.3, 0.4) is 0 Å². The summed E-state index contributed by atoms with van der Waals surface area (Å²) in [7, 11) is 0. The Morgan fingerprint density at radius 3 is 1.79 bits per heavy atom. The predicted molar refractivity (Wildman–Crippen MR) is 132 cm³/mol. The van der Waals surface area contributed by atoms with Gasteiger partial charge in [0.05, 0.1) is 19.3 Å². The Kier molecular flexibility index (Phi) is 8.77. The zero-order chi connectivity index (χ0) is 23.8. The van der Waals surface area contributed by atoms with Gasteiger partial charge in [0.1, 0.15) is 17.6 Å². The van der Waals surface area contributed by atoms with Crippen LogP contribution in [0.2, 0.25) is 0 Å². The molecule has 6 heteroatoms. The quantitative estimate of drug-likeness (QED) is 0.372. The summed E-state index contributed by atoms with van der Waals surface area (Å²) in [5, 5.41) is 0. The molecule has 0 aromatic heterocycles. The molecule has 5 atom stereocenters. The fraction of sp³-hybridized carbons (Fsp3) is 0.321. The first-order valence-electron chi connectivity index (χ1n) is 11.5. The fourth-order valence-corrected chi connectivity index (χ4v) is 5.13. The van der Waals surface area contributed by atoms with Crippen LogP contribution in [-0.4, -0.2) is 35.8 Å². The van der Waals surface area contributed by atoms with Gasteiger partial charge in [-0.15, -0.1) is 0 Å². The highest BCUT2D eigenvalue weighted by atomic mass is 32.2. The van der Waals surface area contributed by atoms with Gasteiger partial charge in [0.25, 0.3) is 0 Å². The Hall–Kier alpha value is -2.64. The van der Waals surface area contributed by atoms with Crippen LogP contribution in [-0.2, 0) is 37.0 Å². The monoisotopic (exact) mass is 478 g/mol. The van der Waals surface area contributed by atoms with E-state index in [1.54, 1.807) is 0 Å². The van der Waals surface area contributed by atoms with Crippen LogP contribution in [0.15, 0.2) is 95.9 Å². The number of esters is 1. The van der Waals surface area contributed by atoms with Gasteiger partial charge in [0.15, 0.2) is 6.10 Å². The van der Waals surface area contributed by atoms with Crippen molar-refractivity contribution in [3.8, 4) is 0 Å². The molecular weight excluding hydrogens is 448 g/mol. The molecule has 0 amide bonds. The molecule has 1 saturated heterocycles. The Morgan fingerprint density at radius 2 is 1.26 bits per heavy atom. The van der Waals surface area contributed by atoms with E-state index in [1.807, 2.05) is 97.9 Å². The van der Waals surface area contributed by atoms with Crippen LogP contribution in [0, 0.1) is 0 Å². The van der Waals surface area contributed by atoms with Gasteiger partial charge < -0.3 is 18.9 Å². The number of rotatable bonds is 9. The Morgan fingerprint density at radius 1 is 0.765 bits per heavy atom. The minimum Gasteiger partial charge on any atom is -0.456 e. The number of ether oxygens (including phenoxy) is 4. The first-order valence-corrected chi connectivity index (χ1v) is 12.3. The Balaban J connectivity index is 1.58. The Bertz CT molecular complexity index is 1010. The lowest BCUT2D eigenvalue weighted by molar-refractivity contribution is -0.237. The van der Waals surface area contributed by atoms with Gasteiger partial charge in [-0.05, 0) is 30.2 Å².